The van der Waals surface area contributed by atoms with Gasteiger partial charge in [-0.1, -0.05) is 48.4 Å². The van der Waals surface area contributed by atoms with Gasteiger partial charge in [0, 0.05) is 17.3 Å². The third-order valence-electron chi connectivity index (χ3n) is 4.93. The lowest BCUT2D eigenvalue weighted by Crippen LogP contribution is -2.37. The number of aromatic nitrogens is 3. The number of Topliss-reactive ketones (excluding diaryl/α,β-unsaturated/α-hetero) is 1. The molecule has 0 amide bonds. The van der Waals surface area contributed by atoms with Crippen LogP contribution in [0.25, 0.3) is 5.65 Å². The van der Waals surface area contributed by atoms with Gasteiger partial charge in [0.15, 0.2) is 11.4 Å². The maximum atomic E-state index is 12.7. The van der Waals surface area contributed by atoms with Crippen LogP contribution in [0.15, 0.2) is 42.5 Å². The van der Waals surface area contributed by atoms with Crippen LogP contribution in [0, 0.1) is 6.92 Å². The molecular formula is C20H21ClN4O. The van der Waals surface area contributed by atoms with Crippen molar-refractivity contribution in [3.8, 4) is 0 Å². The molecule has 5 nitrogen and oxygen atoms in total. The van der Waals surface area contributed by atoms with Crippen LogP contribution in [0.1, 0.15) is 47.1 Å². The Kier molecular flexibility index (Phi) is 4.74. The molecule has 4 rings (SSSR count). The largest absolute Gasteiger partial charge is 0.293 e. The van der Waals surface area contributed by atoms with Gasteiger partial charge in [0.05, 0.1) is 18.3 Å². The van der Waals surface area contributed by atoms with Gasteiger partial charge < -0.3 is 0 Å². The predicted octanol–water partition coefficient (Wildman–Crippen LogP) is 4.10. The minimum absolute atomic E-state index is 0.120. The van der Waals surface area contributed by atoms with Crippen molar-refractivity contribution in [2.45, 2.75) is 32.2 Å². The molecule has 134 valence electrons. The first-order chi connectivity index (χ1) is 12.6. The zero-order valence-electron chi connectivity index (χ0n) is 14.7. The van der Waals surface area contributed by atoms with E-state index in [9.17, 15) is 4.79 Å². The van der Waals surface area contributed by atoms with Crippen LogP contribution in [0.2, 0.25) is 5.15 Å². The molecule has 0 radical (unpaired) electrons. The molecule has 0 spiro atoms. The van der Waals surface area contributed by atoms with E-state index in [1.165, 1.54) is 0 Å². The topological polar surface area (TPSA) is 50.5 Å². The standard InChI is InChI=1S/C20H21ClN4O/c1-14-11-19(21)25-20(22-14)12-16(23-25)17-9-5-6-10-24(17)13-18(26)15-7-3-2-4-8-15/h2-4,7-8,11-12,17H,5-6,9-10,13H2,1H3/t17-/m0/s1. The Bertz CT molecular complexity index is 938. The molecular weight excluding hydrogens is 348 g/mol. The first kappa shape index (κ1) is 17.2. The molecule has 1 fully saturated rings. The zero-order chi connectivity index (χ0) is 18.1. The van der Waals surface area contributed by atoms with Gasteiger partial charge in [-0.05, 0) is 32.4 Å². The normalized spacial score (nSPS) is 18.3. The van der Waals surface area contributed by atoms with E-state index in [2.05, 4.69) is 15.0 Å². The van der Waals surface area contributed by atoms with Crippen molar-refractivity contribution in [1.29, 1.82) is 0 Å². The Balaban J connectivity index is 1.61. The lowest BCUT2D eigenvalue weighted by molar-refractivity contribution is 0.0838. The van der Waals surface area contributed by atoms with Crippen LogP contribution >= 0.6 is 11.6 Å². The first-order valence-electron chi connectivity index (χ1n) is 8.97. The summed E-state index contributed by atoms with van der Waals surface area (Å²) in [6, 6.07) is 13.4. The quantitative estimate of drug-likeness (QED) is 0.514. The van der Waals surface area contributed by atoms with Gasteiger partial charge in [0.2, 0.25) is 0 Å². The monoisotopic (exact) mass is 368 g/mol. The molecule has 0 aliphatic carbocycles. The average molecular weight is 369 g/mol. The van der Waals surface area contributed by atoms with Crippen molar-refractivity contribution in [3.63, 3.8) is 0 Å². The highest BCUT2D eigenvalue weighted by Gasteiger charge is 2.28. The molecule has 1 saturated heterocycles. The molecule has 1 aromatic carbocycles. The van der Waals surface area contributed by atoms with Gasteiger partial charge >= 0.3 is 0 Å². The summed E-state index contributed by atoms with van der Waals surface area (Å²) < 4.78 is 1.68. The second kappa shape index (κ2) is 7.17. The van der Waals surface area contributed by atoms with Crippen molar-refractivity contribution in [2.75, 3.05) is 13.1 Å². The number of carbonyl (C=O) groups excluding carboxylic acids is 1. The number of piperidine rings is 1. The summed E-state index contributed by atoms with van der Waals surface area (Å²) in [5.74, 6) is 0.147. The summed E-state index contributed by atoms with van der Waals surface area (Å²) >= 11 is 6.31. The molecule has 1 aliphatic rings. The molecule has 0 unspecified atom stereocenters. The fourth-order valence-corrected chi connectivity index (χ4v) is 3.93. The summed E-state index contributed by atoms with van der Waals surface area (Å²) in [5.41, 5.74) is 3.32. The van der Waals surface area contributed by atoms with Crippen molar-refractivity contribution >= 4 is 23.0 Å². The summed E-state index contributed by atoms with van der Waals surface area (Å²) in [6.07, 6.45) is 3.22. The third kappa shape index (κ3) is 3.37. The zero-order valence-corrected chi connectivity index (χ0v) is 15.5. The summed E-state index contributed by atoms with van der Waals surface area (Å²) in [4.78, 5) is 19.4. The van der Waals surface area contributed by atoms with E-state index >= 15 is 0 Å². The Morgan fingerprint density at radius 1 is 1.23 bits per heavy atom. The van der Waals surface area contributed by atoms with E-state index in [0.29, 0.717) is 11.7 Å². The number of hydrogen-bond donors (Lipinski definition) is 0. The molecule has 0 saturated carbocycles. The Labute approximate surface area is 157 Å². The molecule has 3 heterocycles. The van der Waals surface area contributed by atoms with E-state index < -0.39 is 0 Å². The number of carbonyl (C=O) groups is 1. The van der Waals surface area contributed by atoms with Gasteiger partial charge in [-0.25, -0.2) is 9.50 Å². The first-order valence-corrected chi connectivity index (χ1v) is 9.35. The number of likely N-dealkylation sites (tertiary alicyclic amines) is 1. The predicted molar refractivity (Wildman–Crippen MR) is 102 cm³/mol. The molecule has 1 aliphatic heterocycles. The number of fused-ring (bicyclic) bond motifs is 1. The smallest absolute Gasteiger partial charge is 0.176 e. The Morgan fingerprint density at radius 3 is 2.85 bits per heavy atom. The van der Waals surface area contributed by atoms with Gasteiger partial charge in [-0.15, -0.1) is 0 Å². The van der Waals surface area contributed by atoms with Gasteiger partial charge in [0.25, 0.3) is 0 Å². The van der Waals surface area contributed by atoms with E-state index in [1.807, 2.05) is 49.4 Å². The minimum Gasteiger partial charge on any atom is -0.293 e. The second-order valence-electron chi connectivity index (χ2n) is 6.83. The number of aryl methyl sites for hydroxylation is 1. The highest BCUT2D eigenvalue weighted by atomic mass is 35.5. The molecule has 0 N–H and O–H groups in total. The van der Waals surface area contributed by atoms with Crippen LogP contribution < -0.4 is 0 Å². The van der Waals surface area contributed by atoms with Crippen LogP contribution in [-0.4, -0.2) is 38.4 Å². The number of hydrogen-bond acceptors (Lipinski definition) is 4. The lowest BCUT2D eigenvalue weighted by Gasteiger charge is -2.34. The van der Waals surface area contributed by atoms with Crippen molar-refractivity contribution in [3.05, 3.63) is 64.6 Å². The lowest BCUT2D eigenvalue weighted by atomic mass is 9.98. The molecule has 2 aromatic heterocycles. The molecule has 3 aromatic rings. The van der Waals surface area contributed by atoms with Gasteiger partial charge in [-0.3, -0.25) is 9.69 Å². The fraction of sp³-hybridized carbons (Fsp3) is 0.350. The minimum atomic E-state index is 0.120. The number of halogens is 1. The number of ketones is 1. The van der Waals surface area contributed by atoms with E-state index in [-0.39, 0.29) is 11.8 Å². The number of nitrogens with zero attached hydrogens (tertiary/aromatic N) is 4. The van der Waals surface area contributed by atoms with Crippen LogP contribution in [0.4, 0.5) is 0 Å². The second-order valence-corrected chi connectivity index (χ2v) is 7.22. The molecule has 6 heteroatoms. The highest BCUT2D eigenvalue weighted by Crippen LogP contribution is 2.31. The Hall–Kier alpha value is -2.24. The SMILES string of the molecule is Cc1cc(Cl)n2nc([C@@H]3CCCCN3CC(=O)c3ccccc3)cc2n1. The number of benzene rings is 1. The van der Waals surface area contributed by atoms with E-state index in [4.69, 9.17) is 11.6 Å². The van der Waals surface area contributed by atoms with Crippen LogP contribution in [0.3, 0.4) is 0 Å². The summed E-state index contributed by atoms with van der Waals surface area (Å²) in [6.45, 7) is 3.23. The maximum absolute atomic E-state index is 12.7. The average Bonchev–Trinajstić information content (AvgIpc) is 3.07. The van der Waals surface area contributed by atoms with Gasteiger partial charge in [-0.2, -0.15) is 5.10 Å². The van der Waals surface area contributed by atoms with Crippen molar-refractivity contribution in [2.24, 2.45) is 0 Å². The summed E-state index contributed by atoms with van der Waals surface area (Å²) in [5, 5.41) is 5.23. The van der Waals surface area contributed by atoms with E-state index in [1.54, 1.807) is 4.52 Å². The van der Waals surface area contributed by atoms with Crippen LogP contribution in [-0.2, 0) is 0 Å². The van der Waals surface area contributed by atoms with Crippen molar-refractivity contribution in [1.82, 2.24) is 19.5 Å². The maximum Gasteiger partial charge on any atom is 0.176 e. The van der Waals surface area contributed by atoms with Gasteiger partial charge in [0.1, 0.15) is 5.15 Å². The molecule has 0 bridgehead atoms. The highest BCUT2D eigenvalue weighted by molar-refractivity contribution is 6.29. The molecule has 26 heavy (non-hydrogen) atoms. The third-order valence-corrected chi connectivity index (χ3v) is 5.20. The fourth-order valence-electron chi connectivity index (χ4n) is 3.65. The molecule has 1 atom stereocenters. The van der Waals surface area contributed by atoms with E-state index in [0.717, 1.165) is 48.4 Å². The summed E-state index contributed by atoms with van der Waals surface area (Å²) in [7, 11) is 0. The Morgan fingerprint density at radius 2 is 2.04 bits per heavy atom. The number of rotatable bonds is 4. The van der Waals surface area contributed by atoms with Crippen molar-refractivity contribution < 1.29 is 4.79 Å². The van der Waals surface area contributed by atoms with Crippen LogP contribution in [0.5, 0.6) is 0 Å².